The first-order chi connectivity index (χ1) is 11.8. The van der Waals surface area contributed by atoms with Crippen LogP contribution in [0, 0.1) is 12.8 Å². The van der Waals surface area contributed by atoms with E-state index in [-0.39, 0.29) is 36.1 Å². The second-order valence-corrected chi connectivity index (χ2v) is 8.10. The molecule has 2 aliphatic rings. The largest absolute Gasteiger partial charge is 0.373 e. The fourth-order valence-corrected chi connectivity index (χ4v) is 4.33. The predicted octanol–water partition coefficient (Wildman–Crippen LogP) is 1.76. The first kappa shape index (κ1) is 18.4. The molecule has 3 rings (SSSR count). The Kier molecular flexibility index (Phi) is 5.49. The van der Waals surface area contributed by atoms with Crippen molar-refractivity contribution >= 4 is 5.91 Å². The summed E-state index contributed by atoms with van der Waals surface area (Å²) >= 11 is 0. The molecular formula is C19H32N4O2. The molecule has 0 aliphatic carbocycles. The maximum Gasteiger partial charge on any atom is 0.237 e. The monoisotopic (exact) mass is 348 g/mol. The molecule has 3 heterocycles. The van der Waals surface area contributed by atoms with E-state index in [1.807, 2.05) is 6.92 Å². The van der Waals surface area contributed by atoms with Gasteiger partial charge >= 0.3 is 0 Å². The lowest BCUT2D eigenvalue weighted by atomic mass is 9.98. The van der Waals surface area contributed by atoms with E-state index in [0.717, 1.165) is 44.0 Å². The van der Waals surface area contributed by atoms with E-state index in [4.69, 9.17) is 4.74 Å². The van der Waals surface area contributed by atoms with Gasteiger partial charge in [-0.15, -0.1) is 0 Å². The standard InChI is InChI=1S/C19H32N4O2/c1-12(2)18(23-9-14(4)25-15(5)10-23)19(24)21-16-6-7-17-20-13(3)8-22(17)11-16/h8,12,14-16,18H,6-7,9-11H2,1-5H3,(H,21,24)/t14-,15-,16-,18-/m0/s1. The number of amides is 1. The minimum Gasteiger partial charge on any atom is -0.373 e. The maximum atomic E-state index is 13.1. The van der Waals surface area contributed by atoms with Crippen LogP contribution in [0.15, 0.2) is 6.20 Å². The zero-order chi connectivity index (χ0) is 18.1. The number of hydrogen-bond donors (Lipinski definition) is 1. The van der Waals surface area contributed by atoms with Crippen molar-refractivity contribution in [2.75, 3.05) is 13.1 Å². The van der Waals surface area contributed by atoms with Gasteiger partial charge in [-0.1, -0.05) is 13.8 Å². The molecule has 0 radical (unpaired) electrons. The van der Waals surface area contributed by atoms with Gasteiger partial charge in [-0.25, -0.2) is 4.98 Å². The quantitative estimate of drug-likeness (QED) is 0.901. The lowest BCUT2D eigenvalue weighted by Gasteiger charge is -2.41. The van der Waals surface area contributed by atoms with Gasteiger partial charge in [-0.3, -0.25) is 9.69 Å². The highest BCUT2D eigenvalue weighted by Crippen LogP contribution is 2.20. The summed E-state index contributed by atoms with van der Waals surface area (Å²) in [6, 6.07) is 0.0884. The van der Waals surface area contributed by atoms with Gasteiger partial charge in [0.25, 0.3) is 0 Å². The first-order valence-electron chi connectivity index (χ1n) is 9.56. The van der Waals surface area contributed by atoms with Crippen LogP contribution < -0.4 is 5.32 Å². The Morgan fingerprint density at radius 3 is 2.60 bits per heavy atom. The van der Waals surface area contributed by atoms with Crippen LogP contribution in [0.1, 0.15) is 45.6 Å². The Labute approximate surface area is 150 Å². The number of ether oxygens (including phenoxy) is 1. The molecule has 1 amide bonds. The van der Waals surface area contributed by atoms with Crippen LogP contribution in [0.2, 0.25) is 0 Å². The van der Waals surface area contributed by atoms with Crippen molar-refractivity contribution in [3.8, 4) is 0 Å². The van der Waals surface area contributed by atoms with Crippen molar-refractivity contribution in [3.05, 3.63) is 17.7 Å². The highest BCUT2D eigenvalue weighted by atomic mass is 16.5. The van der Waals surface area contributed by atoms with Gasteiger partial charge in [-0.05, 0) is 33.1 Å². The molecular weight excluding hydrogens is 316 g/mol. The average molecular weight is 348 g/mol. The molecule has 1 saturated heterocycles. The fourth-order valence-electron chi connectivity index (χ4n) is 4.33. The van der Waals surface area contributed by atoms with Crippen molar-refractivity contribution in [2.45, 2.75) is 78.3 Å². The SMILES string of the molecule is Cc1cn2c(n1)CC[C@H](NC(=O)[C@H](C(C)C)N1C[C@H](C)O[C@@H](C)C1)C2. The van der Waals surface area contributed by atoms with E-state index in [0.29, 0.717) is 0 Å². The van der Waals surface area contributed by atoms with E-state index in [1.54, 1.807) is 0 Å². The van der Waals surface area contributed by atoms with Crippen LogP contribution >= 0.6 is 0 Å². The number of nitrogens with one attached hydrogen (secondary N) is 1. The van der Waals surface area contributed by atoms with Gasteiger partial charge < -0.3 is 14.6 Å². The van der Waals surface area contributed by atoms with Gasteiger partial charge in [0.15, 0.2) is 0 Å². The summed E-state index contributed by atoms with van der Waals surface area (Å²) in [7, 11) is 0. The fraction of sp³-hybridized carbons (Fsp3) is 0.789. The zero-order valence-electron chi connectivity index (χ0n) is 16.2. The molecule has 1 aromatic rings. The zero-order valence-corrected chi connectivity index (χ0v) is 16.2. The van der Waals surface area contributed by atoms with Crippen molar-refractivity contribution in [1.82, 2.24) is 19.8 Å². The highest BCUT2D eigenvalue weighted by molar-refractivity contribution is 5.82. The molecule has 0 spiro atoms. The lowest BCUT2D eigenvalue weighted by Crippen LogP contribution is -2.58. The summed E-state index contributed by atoms with van der Waals surface area (Å²) in [4.78, 5) is 19.9. The third-order valence-corrected chi connectivity index (χ3v) is 5.20. The van der Waals surface area contributed by atoms with Gasteiger partial charge in [0, 0.05) is 38.3 Å². The van der Waals surface area contributed by atoms with Crippen LogP contribution in [-0.2, 0) is 22.5 Å². The second kappa shape index (κ2) is 7.46. The van der Waals surface area contributed by atoms with Crippen LogP contribution in [-0.4, -0.2) is 57.7 Å². The number of rotatable bonds is 4. The highest BCUT2D eigenvalue weighted by Gasteiger charge is 2.35. The number of fused-ring (bicyclic) bond motifs is 1. The summed E-state index contributed by atoms with van der Waals surface area (Å²) in [6.45, 7) is 12.9. The lowest BCUT2D eigenvalue weighted by molar-refractivity contribution is -0.136. The molecule has 0 aromatic carbocycles. The van der Waals surface area contributed by atoms with Crippen LogP contribution in [0.5, 0.6) is 0 Å². The Morgan fingerprint density at radius 1 is 1.28 bits per heavy atom. The van der Waals surface area contributed by atoms with E-state index >= 15 is 0 Å². The van der Waals surface area contributed by atoms with Crippen LogP contribution in [0.3, 0.4) is 0 Å². The number of nitrogens with zero attached hydrogens (tertiary/aromatic N) is 3. The Balaban J connectivity index is 1.65. The topological polar surface area (TPSA) is 59.4 Å². The van der Waals surface area contributed by atoms with Gasteiger partial charge in [0.2, 0.25) is 5.91 Å². The Hall–Kier alpha value is -1.40. The summed E-state index contributed by atoms with van der Waals surface area (Å²) in [5.74, 6) is 1.56. The Bertz CT molecular complexity index is 603. The number of hydrogen-bond acceptors (Lipinski definition) is 4. The summed E-state index contributed by atoms with van der Waals surface area (Å²) < 4.78 is 8.02. The summed E-state index contributed by atoms with van der Waals surface area (Å²) in [5.41, 5.74) is 1.05. The van der Waals surface area contributed by atoms with E-state index in [9.17, 15) is 4.79 Å². The normalized spacial score (nSPS) is 28.6. The molecule has 140 valence electrons. The third-order valence-electron chi connectivity index (χ3n) is 5.20. The first-order valence-corrected chi connectivity index (χ1v) is 9.56. The number of imidazole rings is 1. The molecule has 0 saturated carbocycles. The molecule has 6 heteroatoms. The smallest absolute Gasteiger partial charge is 0.237 e. The predicted molar refractivity (Wildman–Crippen MR) is 97.4 cm³/mol. The molecule has 1 fully saturated rings. The van der Waals surface area contributed by atoms with Crippen LogP contribution in [0.4, 0.5) is 0 Å². The Morgan fingerprint density at radius 2 is 1.96 bits per heavy atom. The molecule has 4 atom stereocenters. The van der Waals surface area contributed by atoms with Crippen molar-refractivity contribution in [1.29, 1.82) is 0 Å². The number of carbonyl (C=O) groups excluding carboxylic acids is 1. The molecule has 1 aromatic heterocycles. The summed E-state index contributed by atoms with van der Waals surface area (Å²) in [5, 5.41) is 3.31. The minimum atomic E-state index is -0.0975. The van der Waals surface area contributed by atoms with Crippen molar-refractivity contribution in [2.24, 2.45) is 5.92 Å². The van der Waals surface area contributed by atoms with Gasteiger partial charge in [0.05, 0.1) is 23.9 Å². The maximum absolute atomic E-state index is 13.1. The molecule has 0 bridgehead atoms. The van der Waals surface area contributed by atoms with Gasteiger partial charge in [0.1, 0.15) is 5.82 Å². The number of aromatic nitrogens is 2. The van der Waals surface area contributed by atoms with E-state index < -0.39 is 0 Å². The average Bonchev–Trinajstić information content (AvgIpc) is 2.85. The molecule has 2 aliphatic heterocycles. The summed E-state index contributed by atoms with van der Waals surface area (Å²) in [6.07, 6.45) is 4.31. The molecule has 1 N–H and O–H groups in total. The third kappa shape index (κ3) is 4.23. The molecule has 25 heavy (non-hydrogen) atoms. The number of aryl methyl sites for hydroxylation is 2. The van der Waals surface area contributed by atoms with Gasteiger partial charge in [-0.2, -0.15) is 0 Å². The minimum absolute atomic E-state index is 0.0975. The van der Waals surface area contributed by atoms with E-state index in [1.165, 1.54) is 0 Å². The van der Waals surface area contributed by atoms with E-state index in [2.05, 4.69) is 53.7 Å². The van der Waals surface area contributed by atoms with Crippen LogP contribution in [0.25, 0.3) is 0 Å². The molecule has 0 unspecified atom stereocenters. The number of morpholine rings is 1. The van der Waals surface area contributed by atoms with Crippen molar-refractivity contribution < 1.29 is 9.53 Å². The number of carbonyl (C=O) groups is 1. The van der Waals surface area contributed by atoms with Crippen molar-refractivity contribution in [3.63, 3.8) is 0 Å². The second-order valence-electron chi connectivity index (χ2n) is 8.10. The molecule has 6 nitrogen and oxygen atoms in total.